The van der Waals surface area contributed by atoms with E-state index in [0.29, 0.717) is 0 Å². The molecule has 0 amide bonds. The highest BCUT2D eigenvalue weighted by Crippen LogP contribution is 2.28. The van der Waals surface area contributed by atoms with Crippen LogP contribution in [0.1, 0.15) is 0 Å². The van der Waals surface area contributed by atoms with Crippen molar-refractivity contribution in [1.82, 2.24) is 19.7 Å². The maximum Gasteiger partial charge on any atom is 0.129 e. The van der Waals surface area contributed by atoms with Gasteiger partial charge in [0.15, 0.2) is 0 Å². The Bertz CT molecular complexity index is 807. The van der Waals surface area contributed by atoms with Gasteiger partial charge in [0, 0.05) is 43.5 Å². The van der Waals surface area contributed by atoms with Crippen molar-refractivity contribution < 1.29 is 4.74 Å². The molecule has 6 heteroatoms. The molecule has 0 atom stereocenters. The van der Waals surface area contributed by atoms with Gasteiger partial charge in [-0.05, 0) is 18.2 Å². The number of rotatable bonds is 2. The van der Waals surface area contributed by atoms with Gasteiger partial charge in [-0.1, -0.05) is 0 Å². The minimum Gasteiger partial charge on any atom is -0.378 e. The second-order valence-corrected chi connectivity index (χ2v) is 5.37. The number of anilines is 1. The van der Waals surface area contributed by atoms with Gasteiger partial charge in [-0.2, -0.15) is 5.10 Å². The van der Waals surface area contributed by atoms with Crippen LogP contribution in [0.3, 0.4) is 0 Å². The molecule has 0 radical (unpaired) electrons. The smallest absolute Gasteiger partial charge is 0.129 e. The molecule has 1 saturated heterocycles. The van der Waals surface area contributed by atoms with Crippen LogP contribution < -0.4 is 4.90 Å². The number of hydrogen-bond acceptors (Lipinski definition) is 5. The zero-order valence-corrected chi connectivity index (χ0v) is 12.4. The van der Waals surface area contributed by atoms with E-state index in [1.807, 2.05) is 36.3 Å². The molecule has 6 nitrogen and oxygen atoms in total. The maximum absolute atomic E-state index is 5.40. The van der Waals surface area contributed by atoms with E-state index < -0.39 is 0 Å². The van der Waals surface area contributed by atoms with Crippen molar-refractivity contribution in [2.75, 3.05) is 31.2 Å². The first-order chi connectivity index (χ1) is 10.8. The van der Waals surface area contributed by atoms with Crippen molar-refractivity contribution in [3.8, 4) is 11.3 Å². The molecule has 0 saturated carbocycles. The van der Waals surface area contributed by atoms with Gasteiger partial charge < -0.3 is 9.64 Å². The van der Waals surface area contributed by atoms with Gasteiger partial charge in [-0.25, -0.2) is 4.98 Å². The van der Waals surface area contributed by atoms with Crippen molar-refractivity contribution >= 4 is 16.7 Å². The molecule has 4 rings (SSSR count). The number of aryl methyl sites for hydroxylation is 1. The molecule has 1 aliphatic rings. The van der Waals surface area contributed by atoms with Gasteiger partial charge in [0.1, 0.15) is 11.5 Å². The first kappa shape index (κ1) is 13.2. The lowest BCUT2D eigenvalue weighted by Crippen LogP contribution is -2.36. The fourth-order valence-electron chi connectivity index (χ4n) is 2.85. The number of morpholine rings is 1. The average Bonchev–Trinajstić information content (AvgIpc) is 2.93. The summed E-state index contributed by atoms with van der Waals surface area (Å²) in [7, 11) is 1.94. The molecular formula is C16H17N5O. The molecule has 0 unspecified atom stereocenters. The number of nitrogens with zero attached hydrogens (tertiary/aromatic N) is 5. The van der Waals surface area contributed by atoms with Crippen LogP contribution in [0.2, 0.25) is 0 Å². The predicted octanol–water partition coefficient (Wildman–Crippen LogP) is 1.87. The molecule has 3 aromatic heterocycles. The second kappa shape index (κ2) is 5.38. The van der Waals surface area contributed by atoms with Crippen LogP contribution in [0.15, 0.2) is 36.8 Å². The molecule has 1 aliphatic heterocycles. The van der Waals surface area contributed by atoms with Crippen LogP contribution in [0, 0.1) is 0 Å². The Balaban J connectivity index is 1.78. The molecule has 112 valence electrons. The molecular weight excluding hydrogens is 278 g/mol. The molecule has 1 fully saturated rings. The summed E-state index contributed by atoms with van der Waals surface area (Å²) < 4.78 is 7.27. The first-order valence-electron chi connectivity index (χ1n) is 7.39. The summed E-state index contributed by atoms with van der Waals surface area (Å²) in [5, 5.41) is 5.76. The Kier molecular flexibility index (Phi) is 3.23. The zero-order valence-electron chi connectivity index (χ0n) is 12.4. The van der Waals surface area contributed by atoms with E-state index in [1.165, 1.54) is 0 Å². The van der Waals surface area contributed by atoms with E-state index >= 15 is 0 Å². The van der Waals surface area contributed by atoms with Crippen molar-refractivity contribution in [1.29, 1.82) is 0 Å². The SMILES string of the molecule is Cn1nc(-c2ccnc(N3CCOCC3)c2)c2ccncc21. The quantitative estimate of drug-likeness (QED) is 0.722. The van der Waals surface area contributed by atoms with Gasteiger partial charge in [0.2, 0.25) is 0 Å². The summed E-state index contributed by atoms with van der Waals surface area (Å²) in [5.41, 5.74) is 3.08. The van der Waals surface area contributed by atoms with Gasteiger partial charge in [0.25, 0.3) is 0 Å². The Morgan fingerprint density at radius 1 is 1.14 bits per heavy atom. The van der Waals surface area contributed by atoms with Crippen molar-refractivity contribution in [3.05, 3.63) is 36.8 Å². The van der Waals surface area contributed by atoms with Crippen LogP contribution in [-0.4, -0.2) is 46.1 Å². The molecule has 0 N–H and O–H groups in total. The first-order valence-corrected chi connectivity index (χ1v) is 7.39. The van der Waals surface area contributed by atoms with Gasteiger partial charge in [0.05, 0.1) is 24.9 Å². The van der Waals surface area contributed by atoms with Crippen molar-refractivity contribution in [3.63, 3.8) is 0 Å². The van der Waals surface area contributed by atoms with Gasteiger partial charge in [-0.15, -0.1) is 0 Å². The summed E-state index contributed by atoms with van der Waals surface area (Å²) in [6.45, 7) is 3.26. The number of fused-ring (bicyclic) bond motifs is 1. The van der Waals surface area contributed by atoms with Crippen LogP contribution in [0.4, 0.5) is 5.82 Å². The van der Waals surface area contributed by atoms with Crippen LogP contribution in [0.25, 0.3) is 22.2 Å². The summed E-state index contributed by atoms with van der Waals surface area (Å²) in [6, 6.07) is 6.12. The predicted molar refractivity (Wildman–Crippen MR) is 84.8 cm³/mol. The molecule has 0 aromatic carbocycles. The summed E-state index contributed by atoms with van der Waals surface area (Å²) in [5.74, 6) is 0.980. The third-order valence-corrected chi connectivity index (χ3v) is 4.01. The highest BCUT2D eigenvalue weighted by Gasteiger charge is 2.15. The Labute approximate surface area is 128 Å². The Morgan fingerprint density at radius 2 is 2.00 bits per heavy atom. The largest absolute Gasteiger partial charge is 0.378 e. The fraction of sp³-hybridized carbons (Fsp3) is 0.312. The lowest BCUT2D eigenvalue weighted by Gasteiger charge is -2.27. The topological polar surface area (TPSA) is 56.1 Å². The van der Waals surface area contributed by atoms with E-state index in [1.54, 1.807) is 6.20 Å². The molecule has 3 aromatic rings. The molecule has 0 aliphatic carbocycles. The molecule has 0 spiro atoms. The second-order valence-electron chi connectivity index (χ2n) is 5.37. The third-order valence-electron chi connectivity index (χ3n) is 4.01. The zero-order chi connectivity index (χ0) is 14.9. The van der Waals surface area contributed by atoms with Crippen molar-refractivity contribution in [2.24, 2.45) is 7.05 Å². The maximum atomic E-state index is 5.40. The molecule has 4 heterocycles. The molecule has 0 bridgehead atoms. The standard InChI is InChI=1S/C16H17N5O/c1-20-14-11-17-4-3-13(14)16(19-20)12-2-5-18-15(10-12)21-6-8-22-9-7-21/h2-5,10-11H,6-9H2,1H3. The average molecular weight is 295 g/mol. The number of hydrogen-bond donors (Lipinski definition) is 0. The summed E-state index contributed by atoms with van der Waals surface area (Å²) in [4.78, 5) is 10.9. The minimum absolute atomic E-state index is 0.754. The van der Waals surface area contributed by atoms with E-state index in [4.69, 9.17) is 4.74 Å². The van der Waals surface area contributed by atoms with E-state index in [-0.39, 0.29) is 0 Å². The summed E-state index contributed by atoms with van der Waals surface area (Å²) in [6.07, 6.45) is 5.50. The van der Waals surface area contributed by atoms with Crippen molar-refractivity contribution in [2.45, 2.75) is 0 Å². The normalized spacial score (nSPS) is 15.4. The number of aromatic nitrogens is 4. The van der Waals surface area contributed by atoms with Crippen LogP contribution in [0.5, 0.6) is 0 Å². The Morgan fingerprint density at radius 3 is 2.86 bits per heavy atom. The Hall–Kier alpha value is -2.47. The third kappa shape index (κ3) is 2.21. The highest BCUT2D eigenvalue weighted by molar-refractivity contribution is 5.93. The highest BCUT2D eigenvalue weighted by atomic mass is 16.5. The summed E-state index contributed by atoms with van der Waals surface area (Å²) >= 11 is 0. The minimum atomic E-state index is 0.754. The van der Waals surface area contributed by atoms with Crippen LogP contribution >= 0.6 is 0 Å². The molecule has 22 heavy (non-hydrogen) atoms. The van der Waals surface area contributed by atoms with E-state index in [2.05, 4.69) is 26.0 Å². The van der Waals surface area contributed by atoms with Gasteiger partial charge in [-0.3, -0.25) is 9.67 Å². The fourth-order valence-corrected chi connectivity index (χ4v) is 2.85. The van der Waals surface area contributed by atoms with Gasteiger partial charge >= 0.3 is 0 Å². The van der Waals surface area contributed by atoms with Crippen LogP contribution in [-0.2, 0) is 11.8 Å². The van der Waals surface area contributed by atoms with E-state index in [0.717, 1.165) is 54.3 Å². The van der Waals surface area contributed by atoms with E-state index in [9.17, 15) is 0 Å². The monoisotopic (exact) mass is 295 g/mol. The lowest BCUT2D eigenvalue weighted by molar-refractivity contribution is 0.122. The number of ether oxygens (including phenoxy) is 1. The lowest BCUT2D eigenvalue weighted by atomic mass is 10.1. The number of pyridine rings is 2.